The third kappa shape index (κ3) is 3.69. The molecule has 28 heavy (non-hydrogen) atoms. The van der Waals surface area contributed by atoms with E-state index in [1.165, 1.54) is 25.8 Å². The van der Waals surface area contributed by atoms with E-state index in [4.69, 9.17) is 9.84 Å². The van der Waals surface area contributed by atoms with Crippen molar-refractivity contribution in [1.29, 1.82) is 0 Å². The van der Waals surface area contributed by atoms with Gasteiger partial charge in [0.25, 0.3) is 0 Å². The summed E-state index contributed by atoms with van der Waals surface area (Å²) < 4.78 is 8.20. The van der Waals surface area contributed by atoms with Gasteiger partial charge >= 0.3 is 0 Å². The second-order valence-electron chi connectivity index (χ2n) is 8.08. The average molecular weight is 374 g/mol. The number of likely N-dealkylation sites (tertiary alicyclic amines) is 1. The van der Waals surface area contributed by atoms with E-state index in [-0.39, 0.29) is 0 Å². The van der Waals surface area contributed by atoms with Crippen LogP contribution >= 0.6 is 0 Å². The largest absolute Gasteiger partial charge is 0.471 e. The third-order valence-electron chi connectivity index (χ3n) is 6.17. The molecule has 2 heterocycles. The number of nitrogens with zero attached hydrogens (tertiary/aromatic N) is 3. The van der Waals surface area contributed by atoms with Gasteiger partial charge in [0, 0.05) is 25.3 Å². The summed E-state index contributed by atoms with van der Waals surface area (Å²) >= 11 is 0. The van der Waals surface area contributed by atoms with Gasteiger partial charge in [0.2, 0.25) is 5.88 Å². The normalized spacial score (nSPS) is 21.3. The zero-order valence-corrected chi connectivity index (χ0v) is 16.2. The Morgan fingerprint density at radius 2 is 1.71 bits per heavy atom. The number of hydrogen-bond acceptors (Lipinski definition) is 3. The average Bonchev–Trinajstić information content (AvgIpc) is 3.48. The van der Waals surface area contributed by atoms with Gasteiger partial charge in [-0.1, -0.05) is 60.7 Å². The maximum atomic E-state index is 6.13. The predicted molar refractivity (Wildman–Crippen MR) is 111 cm³/mol. The first kappa shape index (κ1) is 17.5. The van der Waals surface area contributed by atoms with E-state index >= 15 is 0 Å². The van der Waals surface area contributed by atoms with Crippen LogP contribution in [0, 0.1) is 5.92 Å². The number of hydrogen-bond donors (Lipinski definition) is 0. The Hall–Kier alpha value is -2.59. The first-order valence-corrected chi connectivity index (χ1v) is 10.4. The SMILES string of the molecule is c1ccc(COc2nn(CCN3CC4CCC3C4)cc2-c2ccccc2)cc1. The van der Waals surface area contributed by atoms with Crippen LogP contribution in [-0.4, -0.2) is 33.8 Å². The van der Waals surface area contributed by atoms with Crippen LogP contribution in [0.3, 0.4) is 0 Å². The highest BCUT2D eigenvalue weighted by molar-refractivity contribution is 5.67. The molecule has 0 radical (unpaired) electrons. The van der Waals surface area contributed by atoms with Crippen LogP contribution in [0.5, 0.6) is 5.88 Å². The van der Waals surface area contributed by atoms with Crippen molar-refractivity contribution in [2.45, 2.75) is 38.5 Å². The summed E-state index contributed by atoms with van der Waals surface area (Å²) in [5.41, 5.74) is 3.38. The van der Waals surface area contributed by atoms with Crippen molar-refractivity contribution >= 4 is 0 Å². The van der Waals surface area contributed by atoms with E-state index in [1.54, 1.807) is 0 Å². The second-order valence-corrected chi connectivity index (χ2v) is 8.08. The Morgan fingerprint density at radius 3 is 2.43 bits per heavy atom. The molecule has 2 atom stereocenters. The number of ether oxygens (including phenoxy) is 1. The summed E-state index contributed by atoms with van der Waals surface area (Å²) in [4.78, 5) is 2.66. The lowest BCUT2D eigenvalue weighted by atomic mass is 10.1. The minimum Gasteiger partial charge on any atom is -0.471 e. The molecule has 2 aromatic carbocycles. The molecule has 1 saturated carbocycles. The van der Waals surface area contributed by atoms with Crippen LogP contribution in [0.2, 0.25) is 0 Å². The van der Waals surface area contributed by atoms with E-state index in [2.05, 4.69) is 52.2 Å². The lowest BCUT2D eigenvalue weighted by Crippen LogP contribution is -2.34. The van der Waals surface area contributed by atoms with Gasteiger partial charge in [0.05, 0.1) is 12.1 Å². The fraction of sp³-hybridized carbons (Fsp3) is 0.375. The van der Waals surface area contributed by atoms with Crippen molar-refractivity contribution in [1.82, 2.24) is 14.7 Å². The minimum absolute atomic E-state index is 0.535. The molecule has 1 aliphatic heterocycles. The molecular weight excluding hydrogens is 346 g/mol. The summed E-state index contributed by atoms with van der Waals surface area (Å²) in [5.74, 6) is 1.66. The zero-order chi connectivity index (χ0) is 18.8. The fourth-order valence-electron chi connectivity index (χ4n) is 4.70. The number of fused-ring (bicyclic) bond motifs is 2. The molecule has 2 unspecified atom stereocenters. The zero-order valence-electron chi connectivity index (χ0n) is 16.2. The number of aromatic nitrogens is 2. The number of piperidine rings is 1. The lowest BCUT2D eigenvalue weighted by molar-refractivity contribution is 0.202. The molecule has 3 aromatic rings. The van der Waals surface area contributed by atoms with Crippen LogP contribution < -0.4 is 4.74 Å². The minimum atomic E-state index is 0.535. The van der Waals surface area contributed by atoms with Crippen molar-refractivity contribution in [3.05, 3.63) is 72.4 Å². The van der Waals surface area contributed by atoms with Crippen molar-refractivity contribution < 1.29 is 4.74 Å². The molecule has 1 aromatic heterocycles. The maximum absolute atomic E-state index is 6.13. The van der Waals surface area contributed by atoms with E-state index in [1.807, 2.05) is 24.3 Å². The molecule has 1 aliphatic carbocycles. The van der Waals surface area contributed by atoms with Gasteiger partial charge in [-0.15, -0.1) is 5.10 Å². The third-order valence-corrected chi connectivity index (χ3v) is 6.17. The Labute approximate surface area is 166 Å². The van der Waals surface area contributed by atoms with Gasteiger partial charge < -0.3 is 4.74 Å². The molecule has 0 N–H and O–H groups in total. The highest BCUT2D eigenvalue weighted by atomic mass is 16.5. The number of rotatable bonds is 7. The standard InChI is InChI=1S/C24H27N3O/c1-3-7-19(8-4-1)18-28-24-23(21-9-5-2-6-10-21)17-27(25-24)14-13-26-16-20-11-12-22(26)15-20/h1-10,17,20,22H,11-16,18H2. The van der Waals surface area contributed by atoms with Crippen LogP contribution in [0.15, 0.2) is 66.9 Å². The molecular formula is C24H27N3O. The summed E-state index contributed by atoms with van der Waals surface area (Å²) in [5, 5.41) is 4.79. The monoisotopic (exact) mass is 373 g/mol. The van der Waals surface area contributed by atoms with E-state index in [0.29, 0.717) is 6.61 Å². The molecule has 4 nitrogen and oxygen atoms in total. The highest BCUT2D eigenvalue weighted by Crippen LogP contribution is 2.37. The van der Waals surface area contributed by atoms with Gasteiger partial charge in [-0.05, 0) is 36.3 Å². The molecule has 2 aliphatic rings. The van der Waals surface area contributed by atoms with Crippen LogP contribution in [0.1, 0.15) is 24.8 Å². The fourth-order valence-corrected chi connectivity index (χ4v) is 4.70. The summed E-state index contributed by atoms with van der Waals surface area (Å²) in [6, 6.07) is 21.5. The Kier molecular flexibility index (Phi) is 4.88. The van der Waals surface area contributed by atoms with Crippen molar-refractivity contribution in [2.75, 3.05) is 13.1 Å². The van der Waals surface area contributed by atoms with E-state index in [9.17, 15) is 0 Å². The summed E-state index contributed by atoms with van der Waals surface area (Å²) in [7, 11) is 0. The first-order chi connectivity index (χ1) is 13.8. The smallest absolute Gasteiger partial charge is 0.241 e. The Bertz CT molecular complexity index is 906. The maximum Gasteiger partial charge on any atom is 0.241 e. The van der Waals surface area contributed by atoms with Crippen LogP contribution in [0.25, 0.3) is 11.1 Å². The van der Waals surface area contributed by atoms with E-state index in [0.717, 1.165) is 47.6 Å². The molecule has 2 fully saturated rings. The van der Waals surface area contributed by atoms with E-state index < -0.39 is 0 Å². The Morgan fingerprint density at radius 1 is 0.929 bits per heavy atom. The quantitative estimate of drug-likeness (QED) is 0.606. The van der Waals surface area contributed by atoms with Crippen LogP contribution in [-0.2, 0) is 13.2 Å². The first-order valence-electron chi connectivity index (χ1n) is 10.4. The molecule has 0 amide bonds. The van der Waals surface area contributed by atoms with Gasteiger partial charge in [-0.2, -0.15) is 0 Å². The van der Waals surface area contributed by atoms with Gasteiger partial charge in [0.1, 0.15) is 6.61 Å². The van der Waals surface area contributed by atoms with Gasteiger partial charge in [-0.25, -0.2) is 0 Å². The predicted octanol–water partition coefficient (Wildman–Crippen LogP) is 4.61. The second kappa shape index (κ2) is 7.80. The molecule has 0 spiro atoms. The van der Waals surface area contributed by atoms with Gasteiger partial charge in [0.15, 0.2) is 0 Å². The topological polar surface area (TPSA) is 30.3 Å². The van der Waals surface area contributed by atoms with Crippen molar-refractivity contribution in [3.8, 4) is 17.0 Å². The van der Waals surface area contributed by atoms with Gasteiger partial charge in [-0.3, -0.25) is 9.58 Å². The molecule has 144 valence electrons. The summed E-state index contributed by atoms with van der Waals surface area (Å²) in [6.45, 7) is 3.80. The molecule has 2 bridgehead atoms. The molecule has 5 rings (SSSR count). The number of benzene rings is 2. The van der Waals surface area contributed by atoms with Crippen molar-refractivity contribution in [3.63, 3.8) is 0 Å². The van der Waals surface area contributed by atoms with Crippen LogP contribution in [0.4, 0.5) is 0 Å². The highest BCUT2D eigenvalue weighted by Gasteiger charge is 2.37. The summed E-state index contributed by atoms with van der Waals surface area (Å²) in [6.07, 6.45) is 6.35. The molecule has 1 saturated heterocycles. The molecule has 4 heteroatoms. The van der Waals surface area contributed by atoms with Crippen molar-refractivity contribution in [2.24, 2.45) is 5.92 Å². The lowest BCUT2D eigenvalue weighted by Gasteiger charge is -2.26. The Balaban J connectivity index is 1.32.